The molecule has 9 nitrogen and oxygen atoms in total. The van der Waals surface area contributed by atoms with Gasteiger partial charge in [0.1, 0.15) is 6.04 Å². The predicted molar refractivity (Wildman–Crippen MR) is 108 cm³/mol. The van der Waals surface area contributed by atoms with E-state index in [2.05, 4.69) is 5.32 Å². The Morgan fingerprint density at radius 3 is 2.27 bits per heavy atom. The molecular weight excluding hydrogens is 390 g/mol. The lowest BCUT2D eigenvalue weighted by molar-refractivity contribution is -0.384. The van der Waals surface area contributed by atoms with Crippen LogP contribution in [0.3, 0.4) is 0 Å². The van der Waals surface area contributed by atoms with Gasteiger partial charge in [-0.15, -0.1) is 0 Å². The summed E-state index contributed by atoms with van der Waals surface area (Å²) in [5.41, 5.74) is 6.58. The highest BCUT2D eigenvalue weighted by molar-refractivity contribution is 5.89. The van der Waals surface area contributed by atoms with Crippen LogP contribution < -0.4 is 11.1 Å². The number of amides is 2. The topological polar surface area (TPSA) is 142 Å². The molecule has 0 unspecified atom stereocenters. The Balaban J connectivity index is 2.28. The zero-order valence-electron chi connectivity index (χ0n) is 16.4. The van der Waals surface area contributed by atoms with E-state index in [9.17, 15) is 24.5 Å². The zero-order valence-corrected chi connectivity index (χ0v) is 16.4. The smallest absolute Gasteiger partial charge is 0.306 e. The number of nitro groups is 1. The second-order valence-corrected chi connectivity index (χ2v) is 6.57. The lowest BCUT2D eigenvalue weighted by Crippen LogP contribution is -2.49. The Bertz CT molecular complexity index is 899. The number of benzene rings is 2. The van der Waals surface area contributed by atoms with Crippen molar-refractivity contribution >= 4 is 23.5 Å². The fourth-order valence-corrected chi connectivity index (χ4v) is 3.05. The highest BCUT2D eigenvalue weighted by Gasteiger charge is 2.32. The standard InChI is InChI=1S/C21H23N3O6/c1-2-30-19(26)13-17(15-8-10-16(11-9-15)24(28)29)20(21(22)27)23-18(25)12-14-6-4-3-5-7-14/h3-11,17,20H,2,12-13H2,1H3,(H2,22,27)(H,23,25)/t17-,20+/m0/s1. The molecule has 2 aromatic carbocycles. The summed E-state index contributed by atoms with van der Waals surface area (Å²) in [6.07, 6.45) is -0.206. The van der Waals surface area contributed by atoms with Crippen molar-refractivity contribution in [3.05, 3.63) is 75.8 Å². The number of ether oxygens (including phenoxy) is 1. The predicted octanol–water partition coefficient (Wildman–Crippen LogP) is 1.84. The minimum Gasteiger partial charge on any atom is -0.466 e. The summed E-state index contributed by atoms with van der Waals surface area (Å²) in [6.45, 7) is 1.79. The molecule has 0 aliphatic carbocycles. The molecule has 2 rings (SSSR count). The molecule has 9 heteroatoms. The van der Waals surface area contributed by atoms with Crippen LogP contribution in [0.4, 0.5) is 5.69 Å². The van der Waals surface area contributed by atoms with E-state index in [0.717, 1.165) is 5.56 Å². The van der Waals surface area contributed by atoms with Crippen molar-refractivity contribution in [1.29, 1.82) is 0 Å². The highest BCUT2D eigenvalue weighted by Crippen LogP contribution is 2.26. The van der Waals surface area contributed by atoms with Crippen LogP contribution in [0.1, 0.15) is 30.4 Å². The van der Waals surface area contributed by atoms with Gasteiger partial charge in [0.25, 0.3) is 5.69 Å². The van der Waals surface area contributed by atoms with Gasteiger partial charge in [-0.2, -0.15) is 0 Å². The van der Waals surface area contributed by atoms with Gasteiger partial charge in [0, 0.05) is 18.1 Å². The van der Waals surface area contributed by atoms with Gasteiger partial charge in [0.05, 0.1) is 24.4 Å². The Labute approximate surface area is 173 Å². The number of nitrogens with one attached hydrogen (secondary N) is 1. The first-order chi connectivity index (χ1) is 14.3. The van der Waals surface area contributed by atoms with Crippen molar-refractivity contribution in [3.63, 3.8) is 0 Å². The van der Waals surface area contributed by atoms with Gasteiger partial charge in [-0.05, 0) is 18.1 Å². The first-order valence-corrected chi connectivity index (χ1v) is 9.34. The molecule has 0 bridgehead atoms. The number of nitrogens with two attached hydrogens (primary N) is 1. The van der Waals surface area contributed by atoms with E-state index in [1.807, 2.05) is 6.07 Å². The number of carbonyl (C=O) groups excluding carboxylic acids is 3. The first-order valence-electron chi connectivity index (χ1n) is 9.34. The third kappa shape index (κ3) is 6.40. The average molecular weight is 413 g/mol. The number of nitrogens with zero attached hydrogens (tertiary/aromatic N) is 1. The molecule has 0 radical (unpaired) electrons. The molecule has 0 aliphatic heterocycles. The second kappa shape index (κ2) is 10.7. The lowest BCUT2D eigenvalue weighted by Gasteiger charge is -2.25. The molecule has 0 aromatic heterocycles. The SMILES string of the molecule is CCOC(=O)C[C@@H](c1ccc([N+](=O)[O-])cc1)[C@@H](NC(=O)Cc1ccccc1)C(N)=O. The van der Waals surface area contributed by atoms with Gasteiger partial charge in [-0.3, -0.25) is 24.5 Å². The molecule has 30 heavy (non-hydrogen) atoms. The van der Waals surface area contributed by atoms with Crippen molar-refractivity contribution < 1.29 is 24.0 Å². The number of esters is 1. The Morgan fingerprint density at radius 2 is 1.73 bits per heavy atom. The average Bonchev–Trinajstić information content (AvgIpc) is 2.71. The van der Waals surface area contributed by atoms with Gasteiger partial charge in [0.2, 0.25) is 11.8 Å². The van der Waals surface area contributed by atoms with Crippen LogP contribution in [-0.4, -0.2) is 35.4 Å². The summed E-state index contributed by atoms with van der Waals surface area (Å²) in [5, 5.41) is 13.5. The maximum Gasteiger partial charge on any atom is 0.306 e. The van der Waals surface area contributed by atoms with E-state index in [0.29, 0.717) is 5.56 Å². The molecule has 0 saturated carbocycles. The molecule has 2 atom stereocenters. The molecule has 2 aromatic rings. The number of rotatable bonds is 10. The van der Waals surface area contributed by atoms with E-state index in [1.165, 1.54) is 24.3 Å². The molecule has 0 fully saturated rings. The van der Waals surface area contributed by atoms with Gasteiger partial charge >= 0.3 is 5.97 Å². The van der Waals surface area contributed by atoms with Gasteiger partial charge in [-0.25, -0.2) is 0 Å². The van der Waals surface area contributed by atoms with Crippen LogP contribution >= 0.6 is 0 Å². The van der Waals surface area contributed by atoms with E-state index in [-0.39, 0.29) is 25.1 Å². The monoisotopic (exact) mass is 413 g/mol. The third-order valence-corrected chi connectivity index (χ3v) is 4.46. The molecular formula is C21H23N3O6. The van der Waals surface area contributed by atoms with Crippen LogP contribution in [0.25, 0.3) is 0 Å². The van der Waals surface area contributed by atoms with E-state index in [1.54, 1.807) is 31.2 Å². The summed E-state index contributed by atoms with van der Waals surface area (Å²) in [4.78, 5) is 47.1. The normalized spacial score (nSPS) is 12.4. The maximum atomic E-state index is 12.5. The molecule has 2 amide bonds. The minimum atomic E-state index is -1.20. The van der Waals surface area contributed by atoms with Crippen LogP contribution in [0.5, 0.6) is 0 Å². The summed E-state index contributed by atoms with van der Waals surface area (Å²) in [7, 11) is 0. The van der Waals surface area contributed by atoms with Gasteiger partial charge in [0.15, 0.2) is 0 Å². The largest absolute Gasteiger partial charge is 0.466 e. The number of non-ortho nitro benzene ring substituents is 1. The molecule has 158 valence electrons. The van der Waals surface area contributed by atoms with Crippen LogP contribution in [0.2, 0.25) is 0 Å². The van der Waals surface area contributed by atoms with Crippen molar-refractivity contribution in [1.82, 2.24) is 5.32 Å². The molecule has 0 aliphatic rings. The molecule has 0 heterocycles. The molecule has 0 saturated heterocycles. The number of hydrogen-bond acceptors (Lipinski definition) is 6. The zero-order chi connectivity index (χ0) is 22.1. The molecule has 3 N–H and O–H groups in total. The third-order valence-electron chi connectivity index (χ3n) is 4.46. The number of carbonyl (C=O) groups is 3. The fourth-order valence-electron chi connectivity index (χ4n) is 3.05. The van der Waals surface area contributed by atoms with E-state index < -0.39 is 34.7 Å². The summed E-state index contributed by atoms with van der Waals surface area (Å²) in [6, 6.07) is 13.1. The van der Waals surface area contributed by atoms with Crippen LogP contribution in [0, 0.1) is 10.1 Å². The van der Waals surface area contributed by atoms with Crippen LogP contribution in [-0.2, 0) is 25.5 Å². The van der Waals surface area contributed by atoms with Crippen molar-refractivity contribution in [2.45, 2.75) is 31.7 Å². The first kappa shape index (κ1) is 22.5. The summed E-state index contributed by atoms with van der Waals surface area (Å²) >= 11 is 0. The number of hydrogen-bond donors (Lipinski definition) is 2. The quantitative estimate of drug-likeness (QED) is 0.346. The van der Waals surface area contributed by atoms with E-state index in [4.69, 9.17) is 10.5 Å². The summed E-state index contributed by atoms with van der Waals surface area (Å²) in [5.74, 6) is -2.70. The minimum absolute atomic E-state index is 0.0248. The highest BCUT2D eigenvalue weighted by atomic mass is 16.6. The fraction of sp³-hybridized carbons (Fsp3) is 0.286. The maximum absolute atomic E-state index is 12.5. The van der Waals surface area contributed by atoms with E-state index >= 15 is 0 Å². The number of nitro benzene ring substituents is 1. The molecule has 0 spiro atoms. The van der Waals surface area contributed by atoms with Crippen molar-refractivity contribution in [3.8, 4) is 0 Å². The Hall–Kier alpha value is -3.75. The van der Waals surface area contributed by atoms with Crippen molar-refractivity contribution in [2.24, 2.45) is 5.73 Å². The lowest BCUT2D eigenvalue weighted by atomic mass is 9.87. The summed E-state index contributed by atoms with van der Waals surface area (Å²) < 4.78 is 4.97. The number of primary amides is 1. The second-order valence-electron chi connectivity index (χ2n) is 6.57. The van der Waals surface area contributed by atoms with Gasteiger partial charge < -0.3 is 15.8 Å². The Kier molecular flexibility index (Phi) is 8.04. The Morgan fingerprint density at radius 1 is 1.10 bits per heavy atom. The van der Waals surface area contributed by atoms with Gasteiger partial charge in [-0.1, -0.05) is 42.5 Å². The van der Waals surface area contributed by atoms with Crippen molar-refractivity contribution in [2.75, 3.05) is 6.61 Å². The van der Waals surface area contributed by atoms with Crippen LogP contribution in [0.15, 0.2) is 54.6 Å².